The number of amides is 2. The lowest BCUT2D eigenvalue weighted by Gasteiger charge is -2.20. The van der Waals surface area contributed by atoms with Gasteiger partial charge < -0.3 is 19.9 Å². The highest BCUT2D eigenvalue weighted by Gasteiger charge is 2.33. The quantitative estimate of drug-likeness (QED) is 0.597. The van der Waals surface area contributed by atoms with E-state index in [2.05, 4.69) is 15.6 Å². The summed E-state index contributed by atoms with van der Waals surface area (Å²) in [5, 5.41) is 6.27. The van der Waals surface area contributed by atoms with E-state index in [-0.39, 0.29) is 23.5 Å². The molecular weight excluding hydrogens is 442 g/mol. The standard InChI is InChI=1S/C23H21N5O4S/c29-20-12-33-19-5-4-14(6-18(19)26-20)27-11-15(32-23(27)31)8-24-7-13-10-28-21(30)9-25-17-3-1-2-16(13)22(17)28/h1-6,9,13,15,24H,7-8,10-12H2,(H,26,29)/t13-,15-/m0/s1. The molecule has 10 heteroatoms. The average Bonchev–Trinajstić information content (AvgIpc) is 3.38. The first kappa shape index (κ1) is 20.3. The lowest BCUT2D eigenvalue weighted by molar-refractivity contribution is -0.113. The molecule has 4 heterocycles. The number of nitrogens with one attached hydrogen (secondary N) is 2. The smallest absolute Gasteiger partial charge is 0.414 e. The minimum absolute atomic E-state index is 0.0430. The van der Waals surface area contributed by atoms with Gasteiger partial charge in [0.05, 0.1) is 35.2 Å². The van der Waals surface area contributed by atoms with Crippen molar-refractivity contribution < 1.29 is 14.3 Å². The SMILES string of the molecule is O=C1CSc2ccc(N3C[C@H](CNC[C@H]4Cn5c(=O)cnc6cccc4c65)OC3=O)cc2N1. The zero-order chi connectivity index (χ0) is 22.5. The van der Waals surface area contributed by atoms with E-state index in [9.17, 15) is 14.4 Å². The zero-order valence-electron chi connectivity index (χ0n) is 17.6. The maximum absolute atomic E-state index is 12.5. The van der Waals surface area contributed by atoms with Gasteiger partial charge in [-0.3, -0.25) is 14.5 Å². The fraction of sp³-hybridized carbons (Fsp3) is 0.304. The lowest BCUT2D eigenvalue weighted by atomic mass is 10.0. The number of thioether (sulfide) groups is 1. The van der Waals surface area contributed by atoms with Crippen molar-refractivity contribution >= 4 is 46.2 Å². The second-order valence-electron chi connectivity index (χ2n) is 8.41. The first-order valence-corrected chi connectivity index (χ1v) is 11.8. The molecule has 0 unspecified atom stereocenters. The van der Waals surface area contributed by atoms with Gasteiger partial charge in [-0.2, -0.15) is 0 Å². The molecule has 33 heavy (non-hydrogen) atoms. The van der Waals surface area contributed by atoms with Gasteiger partial charge in [0.1, 0.15) is 6.10 Å². The van der Waals surface area contributed by atoms with Crippen LogP contribution in [0.5, 0.6) is 0 Å². The Balaban J connectivity index is 1.10. The number of nitrogens with zero attached hydrogens (tertiary/aromatic N) is 3. The van der Waals surface area contributed by atoms with Crippen molar-refractivity contribution in [2.45, 2.75) is 23.5 Å². The molecule has 1 saturated heterocycles. The van der Waals surface area contributed by atoms with Gasteiger partial charge in [0.25, 0.3) is 5.56 Å². The van der Waals surface area contributed by atoms with Crippen LogP contribution >= 0.6 is 11.8 Å². The van der Waals surface area contributed by atoms with E-state index < -0.39 is 6.09 Å². The topological polar surface area (TPSA) is 106 Å². The molecule has 2 amide bonds. The summed E-state index contributed by atoms with van der Waals surface area (Å²) in [5.74, 6) is 0.511. The van der Waals surface area contributed by atoms with E-state index >= 15 is 0 Å². The van der Waals surface area contributed by atoms with E-state index in [1.165, 1.54) is 18.0 Å². The third-order valence-corrected chi connectivity index (χ3v) is 7.36. The van der Waals surface area contributed by atoms with Crippen LogP contribution in [-0.4, -0.2) is 53.0 Å². The van der Waals surface area contributed by atoms with Crippen LogP contribution in [0.3, 0.4) is 0 Å². The lowest BCUT2D eigenvalue weighted by Crippen LogP contribution is -2.33. The molecule has 3 aromatic rings. The first-order chi connectivity index (χ1) is 16.1. The molecular formula is C23H21N5O4S. The molecule has 9 nitrogen and oxygen atoms in total. The Morgan fingerprint density at radius 2 is 2.06 bits per heavy atom. The van der Waals surface area contributed by atoms with E-state index in [4.69, 9.17) is 4.74 Å². The monoisotopic (exact) mass is 463 g/mol. The molecule has 3 aliphatic heterocycles. The van der Waals surface area contributed by atoms with Crippen molar-refractivity contribution in [3.8, 4) is 0 Å². The molecule has 2 aromatic carbocycles. The summed E-state index contributed by atoms with van der Waals surface area (Å²) < 4.78 is 7.35. The molecule has 0 saturated carbocycles. The van der Waals surface area contributed by atoms with Crippen molar-refractivity contribution in [2.75, 3.05) is 35.6 Å². The molecule has 0 radical (unpaired) electrons. The molecule has 168 valence electrons. The molecule has 2 N–H and O–H groups in total. The Bertz CT molecular complexity index is 1360. The van der Waals surface area contributed by atoms with Gasteiger partial charge in [-0.1, -0.05) is 12.1 Å². The Labute approximate surface area is 193 Å². The predicted molar refractivity (Wildman–Crippen MR) is 125 cm³/mol. The number of cyclic esters (lactones) is 1. The number of benzene rings is 2. The fourth-order valence-electron chi connectivity index (χ4n) is 4.75. The highest BCUT2D eigenvalue weighted by Crippen LogP contribution is 2.35. The molecule has 3 aliphatic rings. The predicted octanol–water partition coefficient (Wildman–Crippen LogP) is 2.15. The summed E-state index contributed by atoms with van der Waals surface area (Å²) in [6, 6.07) is 11.5. The van der Waals surface area contributed by atoms with E-state index in [1.807, 2.05) is 36.4 Å². The van der Waals surface area contributed by atoms with Crippen LogP contribution in [0.25, 0.3) is 11.0 Å². The summed E-state index contributed by atoms with van der Waals surface area (Å²) in [6.07, 6.45) is 0.688. The van der Waals surface area contributed by atoms with Gasteiger partial charge >= 0.3 is 6.09 Å². The number of ether oxygens (including phenoxy) is 1. The Morgan fingerprint density at radius 3 is 2.97 bits per heavy atom. The maximum Gasteiger partial charge on any atom is 0.414 e. The van der Waals surface area contributed by atoms with Gasteiger partial charge in [0.2, 0.25) is 5.91 Å². The van der Waals surface area contributed by atoms with Crippen LogP contribution in [0.4, 0.5) is 16.2 Å². The molecule has 2 atom stereocenters. The molecule has 1 aromatic heterocycles. The molecule has 0 bridgehead atoms. The van der Waals surface area contributed by atoms with Crippen LogP contribution in [-0.2, 0) is 16.1 Å². The number of para-hydroxylation sites is 1. The van der Waals surface area contributed by atoms with Crippen molar-refractivity contribution in [2.24, 2.45) is 0 Å². The summed E-state index contributed by atoms with van der Waals surface area (Å²) in [5.41, 5.74) is 4.20. The van der Waals surface area contributed by atoms with Gasteiger partial charge in [-0.25, -0.2) is 9.78 Å². The number of hydrogen-bond acceptors (Lipinski definition) is 7. The van der Waals surface area contributed by atoms with Gasteiger partial charge in [-0.15, -0.1) is 11.8 Å². The van der Waals surface area contributed by atoms with Crippen LogP contribution in [0, 0.1) is 0 Å². The van der Waals surface area contributed by atoms with Gasteiger partial charge in [-0.05, 0) is 29.8 Å². The minimum Gasteiger partial charge on any atom is -0.443 e. The first-order valence-electron chi connectivity index (χ1n) is 10.8. The third-order valence-electron chi connectivity index (χ3n) is 6.28. The molecule has 1 fully saturated rings. The summed E-state index contributed by atoms with van der Waals surface area (Å²) >= 11 is 1.49. The van der Waals surface area contributed by atoms with Crippen LogP contribution < -0.4 is 21.1 Å². The number of rotatable bonds is 5. The number of aromatic nitrogens is 2. The van der Waals surface area contributed by atoms with Crippen molar-refractivity contribution in [3.63, 3.8) is 0 Å². The van der Waals surface area contributed by atoms with Crippen molar-refractivity contribution in [3.05, 3.63) is 58.5 Å². The van der Waals surface area contributed by atoms with Gasteiger partial charge in [0, 0.05) is 36.1 Å². The Kier molecular flexibility index (Phi) is 4.84. The third kappa shape index (κ3) is 3.55. The molecule has 0 spiro atoms. The van der Waals surface area contributed by atoms with Gasteiger partial charge in [0.15, 0.2) is 0 Å². The van der Waals surface area contributed by atoms with Crippen LogP contribution in [0.1, 0.15) is 11.5 Å². The normalized spacial score (nSPS) is 21.3. The number of hydrogen-bond donors (Lipinski definition) is 2. The van der Waals surface area contributed by atoms with Crippen LogP contribution in [0.15, 0.2) is 52.3 Å². The number of anilines is 2. The Hall–Kier alpha value is -3.37. The molecule has 6 rings (SSSR count). The van der Waals surface area contributed by atoms with Crippen molar-refractivity contribution in [1.82, 2.24) is 14.9 Å². The average molecular weight is 464 g/mol. The zero-order valence-corrected chi connectivity index (χ0v) is 18.4. The van der Waals surface area contributed by atoms with E-state index in [0.717, 1.165) is 27.2 Å². The van der Waals surface area contributed by atoms with E-state index in [0.29, 0.717) is 37.6 Å². The van der Waals surface area contributed by atoms with E-state index in [1.54, 1.807) is 9.47 Å². The highest BCUT2D eigenvalue weighted by atomic mass is 32.2. The van der Waals surface area contributed by atoms with Crippen LogP contribution in [0.2, 0.25) is 0 Å². The highest BCUT2D eigenvalue weighted by molar-refractivity contribution is 8.00. The summed E-state index contributed by atoms with van der Waals surface area (Å²) in [7, 11) is 0. The minimum atomic E-state index is -0.396. The number of carbonyl (C=O) groups excluding carboxylic acids is 2. The largest absolute Gasteiger partial charge is 0.443 e. The summed E-state index contributed by atoms with van der Waals surface area (Å²) in [4.78, 5) is 43.2. The summed E-state index contributed by atoms with van der Waals surface area (Å²) in [6.45, 7) is 2.21. The number of carbonyl (C=O) groups is 2. The van der Waals surface area contributed by atoms with Crippen molar-refractivity contribution in [1.29, 1.82) is 0 Å². The maximum atomic E-state index is 12.5. The molecule has 0 aliphatic carbocycles. The second-order valence-corrected chi connectivity index (χ2v) is 9.43. The number of fused-ring (bicyclic) bond motifs is 1. The Morgan fingerprint density at radius 1 is 1.15 bits per heavy atom. The second kappa shape index (κ2) is 7.89. The fourth-order valence-corrected chi connectivity index (χ4v) is 5.54.